The molecule has 1 rings (SSSR count). The average Bonchev–Trinajstić information content (AvgIpc) is 2.35. The van der Waals surface area contributed by atoms with Crippen LogP contribution in [0.15, 0.2) is 18.2 Å². The Hall–Kier alpha value is -0.930. The van der Waals surface area contributed by atoms with Crippen molar-refractivity contribution in [3.8, 4) is 11.5 Å². The summed E-state index contributed by atoms with van der Waals surface area (Å²) in [5.41, 5.74) is 7.20. The van der Waals surface area contributed by atoms with Gasteiger partial charge in [0, 0.05) is 6.04 Å². The van der Waals surface area contributed by atoms with Crippen LogP contribution in [-0.2, 0) is 0 Å². The molecule has 0 saturated heterocycles. The molecule has 98 valence electrons. The Balaban J connectivity index is 0.00000256. The maximum absolute atomic E-state index is 6.24. The summed E-state index contributed by atoms with van der Waals surface area (Å²) >= 11 is 0. The lowest BCUT2D eigenvalue weighted by atomic mass is 9.92. The first-order chi connectivity index (χ1) is 7.65. The molecule has 0 saturated carbocycles. The number of benzene rings is 1. The third kappa shape index (κ3) is 3.51. The van der Waals surface area contributed by atoms with E-state index in [1.165, 1.54) is 0 Å². The van der Waals surface area contributed by atoms with Crippen LogP contribution in [-0.4, -0.2) is 14.2 Å². The molecule has 3 nitrogen and oxygen atoms in total. The summed E-state index contributed by atoms with van der Waals surface area (Å²) in [5, 5.41) is 0. The van der Waals surface area contributed by atoms with Gasteiger partial charge in [-0.15, -0.1) is 12.4 Å². The van der Waals surface area contributed by atoms with Crippen molar-refractivity contribution in [1.29, 1.82) is 0 Å². The van der Waals surface area contributed by atoms with Crippen LogP contribution < -0.4 is 15.2 Å². The zero-order valence-electron chi connectivity index (χ0n) is 10.9. The Morgan fingerprint density at radius 3 is 2.00 bits per heavy atom. The van der Waals surface area contributed by atoms with E-state index in [0.29, 0.717) is 5.92 Å². The first-order valence-electron chi connectivity index (χ1n) is 5.62. The summed E-state index contributed by atoms with van der Waals surface area (Å²) in [6.45, 7) is 4.27. The summed E-state index contributed by atoms with van der Waals surface area (Å²) in [6, 6.07) is 5.68. The van der Waals surface area contributed by atoms with Crippen molar-refractivity contribution in [2.45, 2.75) is 26.3 Å². The minimum atomic E-state index is -0.0592. The summed E-state index contributed by atoms with van der Waals surface area (Å²) in [4.78, 5) is 0. The van der Waals surface area contributed by atoms with Gasteiger partial charge >= 0.3 is 0 Å². The van der Waals surface area contributed by atoms with Gasteiger partial charge in [-0.05, 0) is 18.1 Å². The largest absolute Gasteiger partial charge is 0.496 e. The molecule has 0 heterocycles. The van der Waals surface area contributed by atoms with E-state index in [1.807, 2.05) is 18.2 Å². The van der Waals surface area contributed by atoms with Gasteiger partial charge < -0.3 is 15.2 Å². The van der Waals surface area contributed by atoms with E-state index in [4.69, 9.17) is 15.2 Å². The molecule has 2 atom stereocenters. The Morgan fingerprint density at radius 1 is 1.18 bits per heavy atom. The van der Waals surface area contributed by atoms with Gasteiger partial charge in [0.05, 0.1) is 19.8 Å². The molecule has 0 aliphatic heterocycles. The molecule has 0 aliphatic carbocycles. The molecular formula is C13H22ClNO2. The zero-order chi connectivity index (χ0) is 12.1. The van der Waals surface area contributed by atoms with Crippen LogP contribution in [0, 0.1) is 5.92 Å². The fraction of sp³-hybridized carbons (Fsp3) is 0.538. The first kappa shape index (κ1) is 16.1. The fourth-order valence-corrected chi connectivity index (χ4v) is 1.75. The first-order valence-corrected chi connectivity index (χ1v) is 5.62. The second-order valence-corrected chi connectivity index (χ2v) is 3.99. The van der Waals surface area contributed by atoms with Crippen molar-refractivity contribution in [2.75, 3.05) is 14.2 Å². The van der Waals surface area contributed by atoms with Crippen LogP contribution in [0.25, 0.3) is 0 Å². The molecule has 1 unspecified atom stereocenters. The number of nitrogens with two attached hydrogens (primary N) is 1. The van der Waals surface area contributed by atoms with Gasteiger partial charge in [-0.25, -0.2) is 0 Å². The molecule has 0 spiro atoms. The predicted molar refractivity (Wildman–Crippen MR) is 73.2 cm³/mol. The van der Waals surface area contributed by atoms with Gasteiger partial charge in [-0.1, -0.05) is 26.3 Å². The van der Waals surface area contributed by atoms with E-state index >= 15 is 0 Å². The SMILES string of the molecule is CCC(C)[C@H](N)c1c(OC)cccc1OC.Cl. The lowest BCUT2D eigenvalue weighted by Crippen LogP contribution is -2.20. The Bertz CT molecular complexity index is 322. The van der Waals surface area contributed by atoms with Crippen molar-refractivity contribution in [1.82, 2.24) is 0 Å². The van der Waals surface area contributed by atoms with Crippen LogP contribution in [0.1, 0.15) is 31.9 Å². The van der Waals surface area contributed by atoms with Crippen molar-refractivity contribution in [3.63, 3.8) is 0 Å². The minimum absolute atomic E-state index is 0. The van der Waals surface area contributed by atoms with Gasteiger partial charge in [-0.3, -0.25) is 0 Å². The number of ether oxygens (including phenoxy) is 2. The number of hydrogen-bond acceptors (Lipinski definition) is 3. The van der Waals surface area contributed by atoms with Gasteiger partial charge in [-0.2, -0.15) is 0 Å². The lowest BCUT2D eigenvalue weighted by molar-refractivity contribution is 0.360. The predicted octanol–water partition coefficient (Wildman–Crippen LogP) is 3.17. The quantitative estimate of drug-likeness (QED) is 0.883. The van der Waals surface area contributed by atoms with Gasteiger partial charge in [0.2, 0.25) is 0 Å². The van der Waals surface area contributed by atoms with Crippen LogP contribution in [0.5, 0.6) is 11.5 Å². The van der Waals surface area contributed by atoms with Gasteiger partial charge in [0.15, 0.2) is 0 Å². The summed E-state index contributed by atoms with van der Waals surface area (Å²) in [5.74, 6) is 1.99. The fourth-order valence-electron chi connectivity index (χ4n) is 1.75. The molecule has 2 N–H and O–H groups in total. The van der Waals surface area contributed by atoms with E-state index in [2.05, 4.69) is 13.8 Å². The van der Waals surface area contributed by atoms with Crippen LogP contribution in [0.2, 0.25) is 0 Å². The van der Waals surface area contributed by atoms with Crippen molar-refractivity contribution in [3.05, 3.63) is 23.8 Å². The molecule has 1 aromatic carbocycles. The maximum atomic E-state index is 6.24. The number of rotatable bonds is 5. The van der Waals surface area contributed by atoms with Crippen molar-refractivity contribution < 1.29 is 9.47 Å². The van der Waals surface area contributed by atoms with Gasteiger partial charge in [0.1, 0.15) is 11.5 Å². The molecule has 0 amide bonds. The standard InChI is InChI=1S/C13H21NO2.ClH/c1-5-9(2)13(14)12-10(15-3)7-6-8-11(12)16-4;/h6-9,13H,5,14H2,1-4H3;1H/t9?,13-;/m0./s1. The number of hydrogen-bond donors (Lipinski definition) is 1. The van der Waals surface area contributed by atoms with Crippen LogP contribution >= 0.6 is 12.4 Å². The van der Waals surface area contributed by atoms with E-state index < -0.39 is 0 Å². The monoisotopic (exact) mass is 259 g/mol. The molecule has 0 aromatic heterocycles. The molecule has 4 heteroatoms. The maximum Gasteiger partial charge on any atom is 0.127 e. The smallest absolute Gasteiger partial charge is 0.127 e. The molecule has 0 fully saturated rings. The number of methoxy groups -OCH3 is 2. The zero-order valence-corrected chi connectivity index (χ0v) is 11.7. The Kier molecular flexibility index (Phi) is 7.00. The average molecular weight is 260 g/mol. The highest BCUT2D eigenvalue weighted by Crippen LogP contribution is 2.36. The third-order valence-corrected chi connectivity index (χ3v) is 3.06. The molecule has 0 radical (unpaired) electrons. The van der Waals surface area contributed by atoms with Crippen LogP contribution in [0.4, 0.5) is 0 Å². The highest BCUT2D eigenvalue weighted by molar-refractivity contribution is 5.85. The highest BCUT2D eigenvalue weighted by Gasteiger charge is 2.21. The molecule has 0 bridgehead atoms. The van der Waals surface area contributed by atoms with E-state index in [0.717, 1.165) is 23.5 Å². The minimum Gasteiger partial charge on any atom is -0.496 e. The van der Waals surface area contributed by atoms with Crippen molar-refractivity contribution in [2.24, 2.45) is 11.7 Å². The van der Waals surface area contributed by atoms with E-state index in [-0.39, 0.29) is 18.4 Å². The second kappa shape index (κ2) is 7.41. The highest BCUT2D eigenvalue weighted by atomic mass is 35.5. The summed E-state index contributed by atoms with van der Waals surface area (Å²) in [7, 11) is 3.31. The number of halogens is 1. The normalized spacial score (nSPS) is 13.5. The van der Waals surface area contributed by atoms with Crippen molar-refractivity contribution >= 4 is 12.4 Å². The Labute approximate surface area is 110 Å². The molecule has 17 heavy (non-hydrogen) atoms. The lowest BCUT2D eigenvalue weighted by Gasteiger charge is -2.23. The van der Waals surface area contributed by atoms with Gasteiger partial charge in [0.25, 0.3) is 0 Å². The summed E-state index contributed by atoms with van der Waals surface area (Å²) in [6.07, 6.45) is 1.03. The van der Waals surface area contributed by atoms with Crippen LogP contribution in [0.3, 0.4) is 0 Å². The molecule has 0 aliphatic rings. The summed E-state index contributed by atoms with van der Waals surface area (Å²) < 4.78 is 10.7. The van der Waals surface area contributed by atoms with E-state index in [1.54, 1.807) is 14.2 Å². The third-order valence-electron chi connectivity index (χ3n) is 3.06. The molecular weight excluding hydrogens is 238 g/mol. The molecule has 1 aromatic rings. The van der Waals surface area contributed by atoms with E-state index in [9.17, 15) is 0 Å². The topological polar surface area (TPSA) is 44.5 Å². The Morgan fingerprint density at radius 2 is 1.65 bits per heavy atom. The second-order valence-electron chi connectivity index (χ2n) is 3.99.